The fraction of sp³-hybridized carbons (Fsp3) is 0.375. The smallest absolute Gasteiger partial charge is 0.247 e. The van der Waals surface area contributed by atoms with E-state index in [4.69, 9.17) is 4.42 Å². The number of aromatic nitrogens is 2. The van der Waals surface area contributed by atoms with Gasteiger partial charge >= 0.3 is 0 Å². The Morgan fingerprint density at radius 2 is 1.64 bits per heavy atom. The van der Waals surface area contributed by atoms with Crippen LogP contribution < -0.4 is 5.32 Å². The van der Waals surface area contributed by atoms with Crippen LogP contribution in [0.15, 0.2) is 57.8 Å². The first kappa shape index (κ1) is 23.1. The second-order valence-corrected chi connectivity index (χ2v) is 10.2. The van der Waals surface area contributed by atoms with Crippen LogP contribution in [0.25, 0.3) is 11.5 Å². The van der Waals surface area contributed by atoms with Gasteiger partial charge in [-0.3, -0.25) is 4.79 Å². The predicted octanol–water partition coefficient (Wildman–Crippen LogP) is 4.18. The molecule has 0 aliphatic carbocycles. The van der Waals surface area contributed by atoms with Crippen LogP contribution in [0, 0.1) is 6.92 Å². The van der Waals surface area contributed by atoms with Gasteiger partial charge < -0.3 is 9.73 Å². The summed E-state index contributed by atoms with van der Waals surface area (Å²) in [5.41, 5.74) is 2.52. The molecule has 0 bridgehead atoms. The summed E-state index contributed by atoms with van der Waals surface area (Å²) in [5.74, 6) is 0.597. The summed E-state index contributed by atoms with van der Waals surface area (Å²) < 4.78 is 33.0. The van der Waals surface area contributed by atoms with E-state index in [1.165, 1.54) is 0 Å². The van der Waals surface area contributed by atoms with E-state index in [0.29, 0.717) is 37.0 Å². The third-order valence-electron chi connectivity index (χ3n) is 5.67. The van der Waals surface area contributed by atoms with Gasteiger partial charge in [0, 0.05) is 37.2 Å². The maximum atomic E-state index is 12.9. The molecule has 9 heteroatoms. The predicted molar refractivity (Wildman–Crippen MR) is 125 cm³/mol. The zero-order chi connectivity index (χ0) is 23.3. The summed E-state index contributed by atoms with van der Waals surface area (Å²) in [4.78, 5) is 12.6. The van der Waals surface area contributed by atoms with Crippen molar-refractivity contribution in [3.63, 3.8) is 0 Å². The third kappa shape index (κ3) is 5.85. The summed E-state index contributed by atoms with van der Waals surface area (Å²) in [7, 11) is -3.51. The van der Waals surface area contributed by atoms with Gasteiger partial charge in [0.25, 0.3) is 0 Å². The van der Waals surface area contributed by atoms with Crippen molar-refractivity contribution in [1.82, 2.24) is 14.5 Å². The number of benzene rings is 2. The van der Waals surface area contributed by atoms with Gasteiger partial charge in [-0.25, -0.2) is 8.42 Å². The third-order valence-corrected chi connectivity index (χ3v) is 7.59. The fourth-order valence-corrected chi connectivity index (χ4v) is 5.27. The molecule has 4 rings (SSSR count). The quantitative estimate of drug-likeness (QED) is 0.558. The Morgan fingerprint density at radius 3 is 2.30 bits per heavy atom. The average Bonchev–Trinajstić information content (AvgIpc) is 3.10. The van der Waals surface area contributed by atoms with E-state index in [9.17, 15) is 13.2 Å². The van der Waals surface area contributed by atoms with E-state index in [2.05, 4.69) is 15.5 Å². The van der Waals surface area contributed by atoms with Crippen LogP contribution in [0.1, 0.15) is 43.6 Å². The van der Waals surface area contributed by atoms with E-state index in [1.54, 1.807) is 28.6 Å². The van der Waals surface area contributed by atoms with Crippen molar-refractivity contribution in [3.05, 3.63) is 60.0 Å². The second-order valence-electron chi connectivity index (χ2n) is 8.26. The molecule has 0 unspecified atom stereocenters. The number of carbonyl (C=O) groups is 1. The second kappa shape index (κ2) is 10.3. The summed E-state index contributed by atoms with van der Waals surface area (Å²) in [6.07, 6.45) is 4.39. The summed E-state index contributed by atoms with van der Waals surface area (Å²) in [6, 6.07) is 14.1. The standard InChI is InChI=1S/C24H28N4O4S/c1-18-6-8-19(9-7-18)24-27-26-23(32-24)15-14-22(29)25-20-10-12-21(13-11-20)33(30,31)28-16-4-2-3-5-17-28/h6-13H,2-5,14-17H2,1H3,(H,25,29). The van der Waals surface area contributed by atoms with Crippen LogP contribution in [0.5, 0.6) is 0 Å². The van der Waals surface area contributed by atoms with Crippen molar-refractivity contribution in [2.45, 2.75) is 50.3 Å². The van der Waals surface area contributed by atoms with Gasteiger partial charge in [-0.1, -0.05) is 30.5 Å². The molecule has 33 heavy (non-hydrogen) atoms. The largest absolute Gasteiger partial charge is 0.421 e. The Labute approximate surface area is 194 Å². The maximum Gasteiger partial charge on any atom is 0.247 e. The molecule has 1 N–H and O–H groups in total. The number of aryl methyl sites for hydroxylation is 2. The molecule has 1 saturated heterocycles. The minimum absolute atomic E-state index is 0.170. The molecule has 0 spiro atoms. The molecular formula is C24H28N4O4S. The number of rotatable bonds is 7. The molecule has 1 fully saturated rings. The molecule has 2 aromatic carbocycles. The van der Waals surface area contributed by atoms with E-state index in [0.717, 1.165) is 36.8 Å². The highest BCUT2D eigenvalue weighted by atomic mass is 32.2. The van der Waals surface area contributed by atoms with Crippen molar-refractivity contribution >= 4 is 21.6 Å². The number of nitrogens with one attached hydrogen (secondary N) is 1. The lowest BCUT2D eigenvalue weighted by atomic mass is 10.1. The maximum absolute atomic E-state index is 12.9. The van der Waals surface area contributed by atoms with Gasteiger partial charge in [-0.2, -0.15) is 4.31 Å². The molecular weight excluding hydrogens is 440 g/mol. The number of anilines is 1. The van der Waals surface area contributed by atoms with Crippen LogP contribution in [0.2, 0.25) is 0 Å². The normalized spacial score (nSPS) is 15.2. The number of carbonyl (C=O) groups excluding carboxylic acids is 1. The van der Waals surface area contributed by atoms with Crippen molar-refractivity contribution in [1.29, 1.82) is 0 Å². The first-order chi connectivity index (χ1) is 15.9. The molecule has 1 aliphatic heterocycles. The topological polar surface area (TPSA) is 105 Å². The Morgan fingerprint density at radius 1 is 0.970 bits per heavy atom. The van der Waals surface area contributed by atoms with Crippen molar-refractivity contribution in [2.24, 2.45) is 0 Å². The van der Waals surface area contributed by atoms with E-state index < -0.39 is 10.0 Å². The Bertz CT molecular complexity index is 1180. The average molecular weight is 469 g/mol. The van der Waals surface area contributed by atoms with Gasteiger partial charge in [0.2, 0.25) is 27.7 Å². The molecule has 0 atom stereocenters. The minimum Gasteiger partial charge on any atom is -0.421 e. The Balaban J connectivity index is 1.31. The number of amides is 1. The van der Waals surface area contributed by atoms with Gasteiger partial charge in [-0.05, 0) is 56.2 Å². The molecule has 1 aromatic heterocycles. The molecule has 1 amide bonds. The van der Waals surface area contributed by atoms with E-state index >= 15 is 0 Å². The minimum atomic E-state index is -3.51. The van der Waals surface area contributed by atoms with E-state index in [1.807, 2.05) is 31.2 Å². The van der Waals surface area contributed by atoms with Crippen LogP contribution in [-0.4, -0.2) is 41.9 Å². The Kier molecular flexibility index (Phi) is 7.20. The first-order valence-electron chi connectivity index (χ1n) is 11.2. The molecule has 3 aromatic rings. The van der Waals surface area contributed by atoms with Crippen molar-refractivity contribution < 1.29 is 17.6 Å². The first-order valence-corrected chi connectivity index (χ1v) is 12.7. The number of sulfonamides is 1. The van der Waals surface area contributed by atoms with Gasteiger partial charge in [-0.15, -0.1) is 10.2 Å². The molecule has 2 heterocycles. The SMILES string of the molecule is Cc1ccc(-c2nnc(CCC(=O)Nc3ccc(S(=O)(=O)N4CCCCCC4)cc3)o2)cc1. The lowest BCUT2D eigenvalue weighted by molar-refractivity contribution is -0.116. The van der Waals surface area contributed by atoms with Crippen molar-refractivity contribution in [3.8, 4) is 11.5 Å². The Hall–Kier alpha value is -3.04. The zero-order valence-corrected chi connectivity index (χ0v) is 19.5. The van der Waals surface area contributed by atoms with E-state index in [-0.39, 0.29) is 17.2 Å². The molecule has 174 valence electrons. The van der Waals surface area contributed by atoms with Crippen molar-refractivity contribution in [2.75, 3.05) is 18.4 Å². The molecule has 8 nitrogen and oxygen atoms in total. The monoisotopic (exact) mass is 468 g/mol. The van der Waals surface area contributed by atoms with Crippen LogP contribution >= 0.6 is 0 Å². The lowest BCUT2D eigenvalue weighted by Crippen LogP contribution is -2.31. The number of nitrogens with zero attached hydrogens (tertiary/aromatic N) is 3. The molecule has 0 saturated carbocycles. The number of hydrogen-bond donors (Lipinski definition) is 1. The summed E-state index contributed by atoms with van der Waals surface area (Å²) in [6.45, 7) is 3.12. The van der Waals surface area contributed by atoms with Gasteiger partial charge in [0.05, 0.1) is 4.90 Å². The zero-order valence-electron chi connectivity index (χ0n) is 18.7. The molecule has 1 aliphatic rings. The lowest BCUT2D eigenvalue weighted by Gasteiger charge is -2.20. The highest BCUT2D eigenvalue weighted by Gasteiger charge is 2.25. The summed E-state index contributed by atoms with van der Waals surface area (Å²) in [5, 5.41) is 10.8. The fourth-order valence-electron chi connectivity index (χ4n) is 3.75. The van der Waals surface area contributed by atoms with Crippen LogP contribution in [0.4, 0.5) is 5.69 Å². The van der Waals surface area contributed by atoms with Crippen LogP contribution in [0.3, 0.4) is 0 Å². The number of hydrogen-bond acceptors (Lipinski definition) is 6. The summed E-state index contributed by atoms with van der Waals surface area (Å²) >= 11 is 0. The molecule has 0 radical (unpaired) electrons. The van der Waals surface area contributed by atoms with Gasteiger partial charge in [0.1, 0.15) is 0 Å². The van der Waals surface area contributed by atoms with Gasteiger partial charge in [0.15, 0.2) is 0 Å². The highest BCUT2D eigenvalue weighted by Crippen LogP contribution is 2.22. The highest BCUT2D eigenvalue weighted by molar-refractivity contribution is 7.89. The van der Waals surface area contributed by atoms with Crippen LogP contribution in [-0.2, 0) is 21.2 Å².